The fourth-order valence-corrected chi connectivity index (χ4v) is 0.550. The number of hydrogen-bond donors (Lipinski definition) is 0. The Morgan fingerprint density at radius 3 is 2.50 bits per heavy atom. The van der Waals surface area contributed by atoms with Crippen LogP contribution in [-0.2, 0) is 4.79 Å². The first-order valence-corrected chi connectivity index (χ1v) is 3.02. The van der Waals surface area contributed by atoms with Crippen LogP contribution in [0.15, 0.2) is 28.9 Å². The molecule has 0 fully saturated rings. The van der Waals surface area contributed by atoms with Gasteiger partial charge in [-0.25, -0.2) is 0 Å². The molecule has 0 aromatic rings. The van der Waals surface area contributed by atoms with Crippen LogP contribution in [0, 0.1) is 0 Å². The van der Waals surface area contributed by atoms with Crippen LogP contribution < -0.4 is 0 Å². The lowest BCUT2D eigenvalue weighted by Crippen LogP contribution is -1.91. The lowest BCUT2D eigenvalue weighted by molar-refractivity contribution is -0.113. The van der Waals surface area contributed by atoms with Crippen molar-refractivity contribution in [2.75, 3.05) is 0 Å². The zero-order chi connectivity index (χ0) is 7.98. The van der Waals surface area contributed by atoms with E-state index in [1.807, 2.05) is 6.92 Å². The molecule has 0 N–H and O–H groups in total. The minimum atomic E-state index is 0.0439. The summed E-state index contributed by atoms with van der Waals surface area (Å²) < 4.78 is 0. The third-order valence-corrected chi connectivity index (χ3v) is 1.08. The number of rotatable bonds is 3. The van der Waals surface area contributed by atoms with E-state index in [1.54, 1.807) is 12.2 Å². The highest BCUT2D eigenvalue weighted by molar-refractivity contribution is 5.95. The zero-order valence-corrected chi connectivity index (χ0v) is 6.29. The number of Topliss-reactive ketones (excluding diaryl/α,β-unsaturated/α-hetero) is 1. The number of ketones is 1. The summed E-state index contributed by atoms with van der Waals surface area (Å²) in [4.78, 5) is 14.2. The van der Waals surface area contributed by atoms with Gasteiger partial charge in [-0.05, 0) is 26.6 Å². The topological polar surface area (TPSA) is 29.4 Å². The summed E-state index contributed by atoms with van der Waals surface area (Å²) in [6.07, 6.45) is 4.87. The Hall–Kier alpha value is -1.18. The van der Waals surface area contributed by atoms with Crippen LogP contribution in [0.3, 0.4) is 0 Å². The van der Waals surface area contributed by atoms with Gasteiger partial charge in [0.25, 0.3) is 0 Å². The molecule has 2 heteroatoms. The Kier molecular flexibility index (Phi) is 4.12. The molecule has 0 atom stereocenters. The van der Waals surface area contributed by atoms with Gasteiger partial charge in [-0.2, -0.15) is 0 Å². The van der Waals surface area contributed by atoms with Gasteiger partial charge in [0.15, 0.2) is 5.78 Å². The molecule has 0 aliphatic carbocycles. The van der Waals surface area contributed by atoms with E-state index in [-0.39, 0.29) is 5.78 Å². The van der Waals surface area contributed by atoms with Gasteiger partial charge >= 0.3 is 0 Å². The summed E-state index contributed by atoms with van der Waals surface area (Å²) in [7, 11) is 0. The van der Waals surface area contributed by atoms with E-state index in [4.69, 9.17) is 0 Å². The van der Waals surface area contributed by atoms with Crippen LogP contribution >= 0.6 is 0 Å². The van der Waals surface area contributed by atoms with Gasteiger partial charge in [-0.1, -0.05) is 6.08 Å². The van der Waals surface area contributed by atoms with Crippen molar-refractivity contribution < 1.29 is 4.79 Å². The van der Waals surface area contributed by atoms with Gasteiger partial charge in [0.2, 0.25) is 0 Å². The van der Waals surface area contributed by atoms with E-state index in [2.05, 4.69) is 11.7 Å². The van der Waals surface area contributed by atoms with Crippen LogP contribution in [0.5, 0.6) is 0 Å². The first-order chi connectivity index (χ1) is 4.72. The Labute approximate surface area is 61.0 Å². The average Bonchev–Trinajstić information content (AvgIpc) is 1.89. The monoisotopic (exact) mass is 137 g/mol. The molecule has 0 saturated heterocycles. The molecule has 10 heavy (non-hydrogen) atoms. The highest BCUT2D eigenvalue weighted by atomic mass is 16.1. The number of nitrogens with zero attached hydrogens (tertiary/aromatic N) is 1. The third kappa shape index (κ3) is 2.97. The Balaban J connectivity index is 4.25. The Morgan fingerprint density at radius 1 is 1.60 bits per heavy atom. The normalized spacial score (nSPS) is 12.0. The summed E-state index contributed by atoms with van der Waals surface area (Å²) in [6, 6.07) is 0. The van der Waals surface area contributed by atoms with Gasteiger partial charge in [-0.3, -0.25) is 9.79 Å². The fraction of sp³-hybridized carbons (Fsp3) is 0.250. The molecular formula is C8H11NO. The number of hydrogen-bond acceptors (Lipinski definition) is 2. The van der Waals surface area contributed by atoms with Crippen molar-refractivity contribution in [2.45, 2.75) is 13.8 Å². The molecule has 54 valence electrons. The predicted octanol–water partition coefficient (Wildman–Crippen LogP) is 1.74. The number of carbonyl (C=O) groups is 1. The van der Waals surface area contributed by atoms with Crippen LogP contribution in [0.2, 0.25) is 0 Å². The standard InChI is InChI=1S/C8H11NO/c1-4-8(7(2)10)5-6-9-3/h4-6H,3H2,1-2H3/b6-5-,8-4+. The predicted molar refractivity (Wildman–Crippen MR) is 43.1 cm³/mol. The maximum absolute atomic E-state index is 10.7. The second-order valence-corrected chi connectivity index (χ2v) is 1.80. The molecule has 0 spiro atoms. The van der Waals surface area contributed by atoms with Crippen molar-refractivity contribution in [2.24, 2.45) is 4.99 Å². The van der Waals surface area contributed by atoms with E-state index >= 15 is 0 Å². The number of allylic oxidation sites excluding steroid dienone is 3. The zero-order valence-electron chi connectivity index (χ0n) is 6.29. The highest BCUT2D eigenvalue weighted by Gasteiger charge is 1.94. The molecule has 2 nitrogen and oxygen atoms in total. The summed E-state index contributed by atoms with van der Waals surface area (Å²) in [5.74, 6) is 0.0439. The largest absolute Gasteiger partial charge is 0.295 e. The van der Waals surface area contributed by atoms with Gasteiger partial charge < -0.3 is 0 Å². The van der Waals surface area contributed by atoms with Crippen molar-refractivity contribution in [3.63, 3.8) is 0 Å². The number of carbonyl (C=O) groups excluding carboxylic acids is 1. The summed E-state index contributed by atoms with van der Waals surface area (Å²) in [6.45, 7) is 6.58. The highest BCUT2D eigenvalue weighted by Crippen LogP contribution is 1.97. The van der Waals surface area contributed by atoms with E-state index in [9.17, 15) is 4.79 Å². The Bertz CT molecular complexity index is 189. The first kappa shape index (κ1) is 8.82. The van der Waals surface area contributed by atoms with Crippen molar-refractivity contribution in [1.82, 2.24) is 0 Å². The van der Waals surface area contributed by atoms with Crippen LogP contribution in [0.25, 0.3) is 0 Å². The van der Waals surface area contributed by atoms with Gasteiger partial charge in [0, 0.05) is 11.8 Å². The van der Waals surface area contributed by atoms with Gasteiger partial charge in [-0.15, -0.1) is 0 Å². The molecule has 0 rings (SSSR count). The molecule has 0 aromatic heterocycles. The minimum absolute atomic E-state index is 0.0439. The van der Waals surface area contributed by atoms with Gasteiger partial charge in [0.1, 0.15) is 0 Å². The molecule has 0 radical (unpaired) electrons. The summed E-state index contributed by atoms with van der Waals surface area (Å²) in [5, 5.41) is 0. The maximum Gasteiger partial charge on any atom is 0.159 e. The lowest BCUT2D eigenvalue weighted by Gasteiger charge is -1.89. The summed E-state index contributed by atoms with van der Waals surface area (Å²) >= 11 is 0. The number of aliphatic imine (C=N–C) groups is 1. The molecule has 0 unspecified atom stereocenters. The molecule has 0 bridgehead atoms. The SMILES string of the molecule is C=N/C=C\C(=C/C)C(C)=O. The minimum Gasteiger partial charge on any atom is -0.295 e. The second-order valence-electron chi connectivity index (χ2n) is 1.80. The van der Waals surface area contributed by atoms with E-state index in [0.29, 0.717) is 5.57 Å². The van der Waals surface area contributed by atoms with Crippen molar-refractivity contribution >= 4 is 12.5 Å². The second kappa shape index (κ2) is 4.68. The Morgan fingerprint density at radius 2 is 2.20 bits per heavy atom. The molecule has 0 aromatic carbocycles. The van der Waals surface area contributed by atoms with Crippen molar-refractivity contribution in [3.05, 3.63) is 23.9 Å². The van der Waals surface area contributed by atoms with E-state index < -0.39 is 0 Å². The maximum atomic E-state index is 10.7. The smallest absolute Gasteiger partial charge is 0.159 e. The van der Waals surface area contributed by atoms with E-state index in [1.165, 1.54) is 13.1 Å². The van der Waals surface area contributed by atoms with Crippen molar-refractivity contribution in [1.29, 1.82) is 0 Å². The third-order valence-electron chi connectivity index (χ3n) is 1.08. The molecule has 0 aliphatic rings. The van der Waals surface area contributed by atoms with Gasteiger partial charge in [0.05, 0.1) is 0 Å². The van der Waals surface area contributed by atoms with Crippen LogP contribution in [0.4, 0.5) is 0 Å². The summed E-state index contributed by atoms with van der Waals surface area (Å²) in [5.41, 5.74) is 0.660. The van der Waals surface area contributed by atoms with E-state index in [0.717, 1.165) is 0 Å². The fourth-order valence-electron chi connectivity index (χ4n) is 0.550. The van der Waals surface area contributed by atoms with Crippen LogP contribution in [-0.4, -0.2) is 12.5 Å². The van der Waals surface area contributed by atoms with Crippen LogP contribution in [0.1, 0.15) is 13.8 Å². The molecular weight excluding hydrogens is 126 g/mol. The quantitative estimate of drug-likeness (QED) is 0.331. The average molecular weight is 137 g/mol. The molecule has 0 heterocycles. The lowest BCUT2D eigenvalue weighted by atomic mass is 10.2. The van der Waals surface area contributed by atoms with Crippen molar-refractivity contribution in [3.8, 4) is 0 Å². The molecule has 0 saturated carbocycles. The molecule has 0 aliphatic heterocycles. The molecule has 0 amide bonds. The first-order valence-electron chi connectivity index (χ1n) is 3.02.